The van der Waals surface area contributed by atoms with Gasteiger partial charge in [0, 0.05) is 19.2 Å². The van der Waals surface area contributed by atoms with Gasteiger partial charge in [0.05, 0.1) is 0 Å². The molecule has 0 aromatic carbocycles. The van der Waals surface area contributed by atoms with E-state index in [4.69, 9.17) is 10.2 Å². The lowest BCUT2D eigenvalue weighted by molar-refractivity contribution is 0.0802. The number of furan rings is 1. The summed E-state index contributed by atoms with van der Waals surface area (Å²) in [5.74, 6) is 0.833. The molecule has 0 saturated heterocycles. The van der Waals surface area contributed by atoms with Gasteiger partial charge >= 0.3 is 0 Å². The van der Waals surface area contributed by atoms with Crippen molar-refractivity contribution in [2.75, 3.05) is 19.3 Å². The fourth-order valence-corrected chi connectivity index (χ4v) is 1.25. The van der Waals surface area contributed by atoms with Gasteiger partial charge in [0.25, 0.3) is 5.91 Å². The van der Waals surface area contributed by atoms with E-state index in [0.717, 1.165) is 5.56 Å². The first-order valence-corrected chi connectivity index (χ1v) is 4.60. The Bertz CT molecular complexity index is 355. The Hall–Kier alpha value is -1.45. The summed E-state index contributed by atoms with van der Waals surface area (Å²) in [5.41, 5.74) is 6.94. The molecule has 0 aliphatic rings. The van der Waals surface area contributed by atoms with Gasteiger partial charge in [-0.1, -0.05) is 0 Å². The summed E-state index contributed by atoms with van der Waals surface area (Å²) in [5, 5.41) is 0. The van der Waals surface area contributed by atoms with Crippen molar-refractivity contribution in [3.8, 4) is 0 Å². The molecular formula is C10H16N2O2. The monoisotopic (exact) mass is 196 g/mol. The predicted molar refractivity (Wildman–Crippen MR) is 55.2 cm³/mol. The second kappa shape index (κ2) is 3.74. The number of amides is 1. The molecule has 1 aromatic heterocycles. The van der Waals surface area contributed by atoms with Crippen LogP contribution in [0.2, 0.25) is 0 Å². The van der Waals surface area contributed by atoms with Crippen LogP contribution in [-0.4, -0.2) is 24.4 Å². The smallest absolute Gasteiger partial charge is 0.259 e. The van der Waals surface area contributed by atoms with Gasteiger partial charge in [0.1, 0.15) is 11.3 Å². The standard InChI is InChI=1S/C10H16N2O2/c1-5-12(4)10(13)8-6(2)7(3)14-9(8)11/h5,11H2,1-4H3. The second-order valence-electron chi connectivity index (χ2n) is 3.34. The molecule has 0 fully saturated rings. The van der Waals surface area contributed by atoms with Gasteiger partial charge in [-0.3, -0.25) is 4.79 Å². The SMILES string of the molecule is CCN(C)C(=O)c1c(N)oc(C)c1C. The molecule has 2 N–H and O–H groups in total. The van der Waals surface area contributed by atoms with Crippen LogP contribution in [0.4, 0.5) is 5.88 Å². The van der Waals surface area contributed by atoms with Gasteiger partial charge in [-0.15, -0.1) is 0 Å². The normalized spacial score (nSPS) is 10.3. The topological polar surface area (TPSA) is 59.5 Å². The minimum atomic E-state index is -0.0839. The highest BCUT2D eigenvalue weighted by Gasteiger charge is 2.21. The molecule has 0 unspecified atom stereocenters. The van der Waals surface area contributed by atoms with Crippen molar-refractivity contribution in [2.24, 2.45) is 0 Å². The van der Waals surface area contributed by atoms with Crippen molar-refractivity contribution in [3.63, 3.8) is 0 Å². The number of carbonyl (C=O) groups excluding carboxylic acids is 1. The summed E-state index contributed by atoms with van der Waals surface area (Å²) < 4.78 is 5.19. The summed E-state index contributed by atoms with van der Waals surface area (Å²) in [7, 11) is 1.74. The van der Waals surface area contributed by atoms with Crippen LogP contribution in [0.15, 0.2) is 4.42 Å². The van der Waals surface area contributed by atoms with E-state index in [0.29, 0.717) is 17.9 Å². The molecule has 78 valence electrons. The first-order chi connectivity index (χ1) is 6.49. The van der Waals surface area contributed by atoms with Crippen LogP contribution >= 0.6 is 0 Å². The minimum Gasteiger partial charge on any atom is -0.445 e. The van der Waals surface area contributed by atoms with Crippen LogP contribution < -0.4 is 5.73 Å². The quantitative estimate of drug-likeness (QED) is 0.781. The van der Waals surface area contributed by atoms with Gasteiger partial charge in [-0.2, -0.15) is 0 Å². The van der Waals surface area contributed by atoms with E-state index in [-0.39, 0.29) is 11.8 Å². The Morgan fingerprint density at radius 1 is 1.50 bits per heavy atom. The molecule has 4 nitrogen and oxygen atoms in total. The van der Waals surface area contributed by atoms with Crippen molar-refractivity contribution < 1.29 is 9.21 Å². The average molecular weight is 196 g/mol. The van der Waals surface area contributed by atoms with Gasteiger partial charge in [-0.05, 0) is 20.8 Å². The van der Waals surface area contributed by atoms with E-state index in [1.165, 1.54) is 0 Å². The van der Waals surface area contributed by atoms with Crippen LogP contribution in [-0.2, 0) is 0 Å². The summed E-state index contributed by atoms with van der Waals surface area (Å²) in [4.78, 5) is 13.4. The number of nitrogen functional groups attached to an aromatic ring is 1. The van der Waals surface area contributed by atoms with Gasteiger partial charge in [0.2, 0.25) is 5.88 Å². The molecule has 0 aliphatic carbocycles. The molecule has 1 rings (SSSR count). The first-order valence-electron chi connectivity index (χ1n) is 4.60. The van der Waals surface area contributed by atoms with E-state index >= 15 is 0 Å². The molecule has 0 saturated carbocycles. The van der Waals surface area contributed by atoms with Crippen LogP contribution in [0, 0.1) is 13.8 Å². The van der Waals surface area contributed by atoms with Crippen molar-refractivity contribution in [3.05, 3.63) is 16.9 Å². The fourth-order valence-electron chi connectivity index (χ4n) is 1.25. The molecule has 0 radical (unpaired) electrons. The summed E-state index contributed by atoms with van der Waals surface area (Å²) >= 11 is 0. The number of hydrogen-bond acceptors (Lipinski definition) is 3. The highest BCUT2D eigenvalue weighted by molar-refractivity contribution is 5.99. The molecule has 0 aliphatic heterocycles. The lowest BCUT2D eigenvalue weighted by Gasteiger charge is -2.13. The Labute approximate surface area is 83.7 Å². The molecule has 0 atom stereocenters. The highest BCUT2D eigenvalue weighted by atomic mass is 16.4. The number of rotatable bonds is 2. The van der Waals surface area contributed by atoms with Crippen LogP contribution in [0.5, 0.6) is 0 Å². The molecule has 4 heteroatoms. The van der Waals surface area contributed by atoms with Crippen LogP contribution in [0.3, 0.4) is 0 Å². The lowest BCUT2D eigenvalue weighted by Crippen LogP contribution is -2.27. The van der Waals surface area contributed by atoms with Gasteiger partial charge in [-0.25, -0.2) is 0 Å². The zero-order valence-electron chi connectivity index (χ0n) is 9.05. The minimum absolute atomic E-state index is 0.0839. The molecule has 1 heterocycles. The number of carbonyl (C=O) groups is 1. The molecule has 1 amide bonds. The van der Waals surface area contributed by atoms with Crippen LogP contribution in [0.25, 0.3) is 0 Å². The number of nitrogens with zero attached hydrogens (tertiary/aromatic N) is 1. The number of hydrogen-bond donors (Lipinski definition) is 1. The Morgan fingerprint density at radius 3 is 2.43 bits per heavy atom. The van der Waals surface area contributed by atoms with E-state index in [1.54, 1.807) is 18.9 Å². The zero-order chi connectivity index (χ0) is 10.9. The number of aryl methyl sites for hydroxylation is 1. The maximum atomic E-state index is 11.8. The van der Waals surface area contributed by atoms with Gasteiger partial charge < -0.3 is 15.1 Å². The van der Waals surface area contributed by atoms with E-state index < -0.39 is 0 Å². The maximum absolute atomic E-state index is 11.8. The summed E-state index contributed by atoms with van der Waals surface area (Å²) in [6.07, 6.45) is 0. The largest absolute Gasteiger partial charge is 0.445 e. The van der Waals surface area contributed by atoms with Crippen molar-refractivity contribution in [2.45, 2.75) is 20.8 Å². The zero-order valence-corrected chi connectivity index (χ0v) is 9.05. The first kappa shape index (κ1) is 10.6. The third-order valence-electron chi connectivity index (χ3n) is 2.45. The molecule has 0 spiro atoms. The second-order valence-corrected chi connectivity index (χ2v) is 3.34. The Balaban J connectivity index is 3.12. The van der Waals surface area contributed by atoms with E-state index in [1.807, 2.05) is 13.8 Å². The average Bonchev–Trinajstić information content (AvgIpc) is 2.39. The lowest BCUT2D eigenvalue weighted by atomic mass is 10.1. The Kier molecular flexibility index (Phi) is 2.84. The summed E-state index contributed by atoms with van der Waals surface area (Å²) in [6.45, 7) is 6.21. The van der Waals surface area contributed by atoms with Crippen molar-refractivity contribution in [1.82, 2.24) is 4.90 Å². The van der Waals surface area contributed by atoms with Crippen molar-refractivity contribution in [1.29, 1.82) is 0 Å². The molecule has 14 heavy (non-hydrogen) atoms. The number of nitrogens with two attached hydrogens (primary N) is 1. The van der Waals surface area contributed by atoms with E-state index in [9.17, 15) is 4.79 Å². The fraction of sp³-hybridized carbons (Fsp3) is 0.500. The number of anilines is 1. The molecule has 0 bridgehead atoms. The maximum Gasteiger partial charge on any atom is 0.259 e. The highest BCUT2D eigenvalue weighted by Crippen LogP contribution is 2.24. The van der Waals surface area contributed by atoms with Crippen molar-refractivity contribution >= 4 is 11.8 Å². The third kappa shape index (κ3) is 1.60. The Morgan fingerprint density at radius 2 is 2.07 bits per heavy atom. The summed E-state index contributed by atoms with van der Waals surface area (Å²) in [6, 6.07) is 0. The van der Waals surface area contributed by atoms with E-state index in [2.05, 4.69) is 0 Å². The molecule has 1 aromatic rings. The van der Waals surface area contributed by atoms with Crippen LogP contribution in [0.1, 0.15) is 28.6 Å². The predicted octanol–water partition coefficient (Wildman–Crippen LogP) is 1.57. The molecular weight excluding hydrogens is 180 g/mol. The third-order valence-corrected chi connectivity index (χ3v) is 2.45. The van der Waals surface area contributed by atoms with Gasteiger partial charge in [0.15, 0.2) is 0 Å².